The van der Waals surface area contributed by atoms with Crippen LogP contribution in [0.1, 0.15) is 174 Å². The molecule has 0 heterocycles. The molecule has 71 heavy (non-hydrogen) atoms. The Balaban J connectivity index is 3.29. The maximum atomic E-state index is 14.1. The number of amidine groups is 1. The lowest BCUT2D eigenvalue weighted by molar-refractivity contribution is 0.0223. The maximum Gasteiger partial charge on any atom is 0.437 e. The molecule has 21 nitrogen and oxygen atoms in total. The lowest BCUT2D eigenvalue weighted by atomic mass is 10.1. The van der Waals surface area contributed by atoms with Crippen molar-refractivity contribution in [2.75, 3.05) is 26.2 Å². The van der Waals surface area contributed by atoms with Crippen LogP contribution in [0.2, 0.25) is 0 Å². The highest BCUT2D eigenvalue weighted by Gasteiger charge is 2.35. The van der Waals surface area contributed by atoms with Crippen molar-refractivity contribution in [1.82, 2.24) is 25.8 Å². The molecule has 0 aliphatic rings. The van der Waals surface area contributed by atoms with Crippen LogP contribution < -0.4 is 16.0 Å². The minimum absolute atomic E-state index is 0.0107. The number of hydrogen-bond donors (Lipinski definition) is 4. The topological polar surface area (TPSA) is 258 Å². The van der Waals surface area contributed by atoms with E-state index in [4.69, 9.17) is 38.6 Å². The minimum atomic E-state index is -1.06. The highest BCUT2D eigenvalue weighted by molar-refractivity contribution is 6.05. The molecule has 0 aliphatic carbocycles. The molecule has 6 amide bonds. The molecule has 1 aromatic carbocycles. The Morgan fingerprint density at radius 2 is 0.915 bits per heavy atom. The van der Waals surface area contributed by atoms with Crippen LogP contribution in [-0.4, -0.2) is 124 Å². The van der Waals surface area contributed by atoms with Gasteiger partial charge in [-0.1, -0.05) is 49.9 Å². The van der Waals surface area contributed by atoms with Crippen molar-refractivity contribution in [3.63, 3.8) is 0 Å². The molecular formula is C50H84N8O13. The summed E-state index contributed by atoms with van der Waals surface area (Å²) in [5.41, 5.74) is -4.09. The van der Waals surface area contributed by atoms with Gasteiger partial charge in [-0.2, -0.15) is 0 Å². The van der Waals surface area contributed by atoms with E-state index in [-0.39, 0.29) is 44.1 Å². The summed E-state index contributed by atoms with van der Waals surface area (Å²) in [7, 11) is 0. The summed E-state index contributed by atoms with van der Waals surface area (Å²) in [6.45, 7) is 30.6. The van der Waals surface area contributed by atoms with Crippen molar-refractivity contribution in [2.24, 2.45) is 9.98 Å². The zero-order valence-electron chi connectivity index (χ0n) is 45.7. The van der Waals surface area contributed by atoms with Gasteiger partial charge in [0.05, 0.1) is 19.8 Å². The van der Waals surface area contributed by atoms with Crippen LogP contribution in [0.5, 0.6) is 0 Å². The Morgan fingerprint density at radius 3 is 1.38 bits per heavy atom. The first-order chi connectivity index (χ1) is 32.3. The molecule has 21 heteroatoms. The fourth-order valence-corrected chi connectivity index (χ4v) is 5.60. The Kier molecular flexibility index (Phi) is 24.5. The number of nitrogens with zero attached hydrogens (tertiary/aromatic N) is 4. The van der Waals surface area contributed by atoms with Crippen LogP contribution in [0.4, 0.5) is 28.8 Å². The number of nitrogens with one attached hydrogen (secondary N) is 4. The van der Waals surface area contributed by atoms with Crippen molar-refractivity contribution in [3.05, 3.63) is 35.4 Å². The number of hydrogen-bond acceptors (Lipinski definition) is 14. The summed E-state index contributed by atoms with van der Waals surface area (Å²) in [5.74, 6) is -0.626. The number of aliphatic imine (C=N–C) groups is 2. The van der Waals surface area contributed by atoms with Gasteiger partial charge in [0, 0.05) is 18.7 Å². The molecule has 0 aliphatic heterocycles. The van der Waals surface area contributed by atoms with Gasteiger partial charge in [-0.25, -0.2) is 38.6 Å². The fourth-order valence-electron chi connectivity index (χ4n) is 5.60. The van der Waals surface area contributed by atoms with E-state index < -0.39 is 70.2 Å². The van der Waals surface area contributed by atoms with Crippen LogP contribution in [-0.2, 0) is 39.8 Å². The average Bonchev–Trinajstić information content (AvgIpc) is 3.13. The highest BCUT2D eigenvalue weighted by Crippen LogP contribution is 2.19. The van der Waals surface area contributed by atoms with Gasteiger partial charge in [-0.15, -0.1) is 9.98 Å². The lowest BCUT2D eigenvalue weighted by Crippen LogP contribution is -2.53. The van der Waals surface area contributed by atoms with Crippen molar-refractivity contribution in [2.45, 2.75) is 203 Å². The van der Waals surface area contributed by atoms with Gasteiger partial charge in [0.15, 0.2) is 0 Å². The number of ether oxygens (including phenoxy) is 7. The molecular weight excluding hydrogens is 921 g/mol. The highest BCUT2D eigenvalue weighted by atomic mass is 16.6. The predicted molar refractivity (Wildman–Crippen MR) is 271 cm³/mol. The molecule has 402 valence electrons. The van der Waals surface area contributed by atoms with Gasteiger partial charge < -0.3 is 38.5 Å². The van der Waals surface area contributed by atoms with E-state index in [1.54, 1.807) is 149 Å². The first-order valence-electron chi connectivity index (χ1n) is 24.0. The summed E-state index contributed by atoms with van der Waals surface area (Å²) in [6, 6.07) is 6.72. The Morgan fingerprint density at radius 1 is 0.507 bits per heavy atom. The second-order valence-corrected chi connectivity index (χ2v) is 22.5. The van der Waals surface area contributed by atoms with Gasteiger partial charge in [0.1, 0.15) is 39.4 Å². The van der Waals surface area contributed by atoms with Gasteiger partial charge in [-0.3, -0.25) is 16.0 Å². The smallest absolute Gasteiger partial charge is 0.437 e. The number of benzene rings is 1. The molecule has 0 atom stereocenters. The maximum absolute atomic E-state index is 14.1. The van der Waals surface area contributed by atoms with E-state index in [9.17, 15) is 28.8 Å². The second-order valence-electron chi connectivity index (χ2n) is 22.5. The quantitative estimate of drug-likeness (QED) is 0.0552. The molecule has 0 radical (unpaired) electrons. The Hall–Kier alpha value is -5.99. The number of alkyl carbamates (subject to hydrolysis) is 2. The number of carbonyl (C=O) groups is 6. The molecule has 1 aromatic rings. The summed E-state index contributed by atoms with van der Waals surface area (Å²) in [6.07, 6.45) is -1.29. The third kappa shape index (κ3) is 31.1. The van der Waals surface area contributed by atoms with E-state index in [0.717, 1.165) is 29.1 Å². The summed E-state index contributed by atoms with van der Waals surface area (Å²) >= 11 is 0. The Bertz CT molecular complexity index is 2000. The van der Waals surface area contributed by atoms with Crippen LogP contribution in [0.3, 0.4) is 0 Å². The SMILES string of the molecule is CC(C)(C)OC(=O)/N=C(/NCCCCCCCCN(C(=O)OC(C)(C)C)/C(=N/C(=O)OC(C)(C)C)N(CCOCc1ccc(C(=N)NC(=O)OC(C)(C)C)cc1)C(=O)OC(C)(C)C)NC(=O)OC(C)(C)C. The number of unbranched alkanes of at least 4 members (excludes halogenated alkanes) is 5. The summed E-state index contributed by atoms with van der Waals surface area (Å²) in [4.78, 5) is 89.0. The van der Waals surface area contributed by atoms with E-state index in [2.05, 4.69) is 25.9 Å². The van der Waals surface area contributed by atoms with Gasteiger partial charge in [0.25, 0.3) is 0 Å². The van der Waals surface area contributed by atoms with E-state index in [0.29, 0.717) is 36.9 Å². The first kappa shape index (κ1) is 63.0. The largest absolute Gasteiger partial charge is 0.444 e. The first-order valence-corrected chi connectivity index (χ1v) is 24.0. The number of guanidine groups is 2. The van der Waals surface area contributed by atoms with E-state index in [1.165, 1.54) is 0 Å². The molecule has 0 spiro atoms. The normalized spacial score (nSPS) is 12.8. The molecule has 0 fully saturated rings. The van der Waals surface area contributed by atoms with Crippen LogP contribution in [0, 0.1) is 5.41 Å². The monoisotopic (exact) mass is 1000 g/mol. The molecule has 1 rings (SSSR count). The van der Waals surface area contributed by atoms with Crippen molar-refractivity contribution in [1.29, 1.82) is 5.41 Å². The third-order valence-electron chi connectivity index (χ3n) is 8.21. The van der Waals surface area contributed by atoms with Crippen molar-refractivity contribution < 1.29 is 61.9 Å². The zero-order chi connectivity index (χ0) is 54.6. The van der Waals surface area contributed by atoms with Crippen LogP contribution in [0.15, 0.2) is 34.3 Å². The van der Waals surface area contributed by atoms with Crippen molar-refractivity contribution >= 4 is 54.3 Å². The molecule has 0 aromatic heterocycles. The number of amides is 6. The molecule has 0 unspecified atom stereocenters. The van der Waals surface area contributed by atoms with E-state index >= 15 is 0 Å². The minimum Gasteiger partial charge on any atom is -0.444 e. The van der Waals surface area contributed by atoms with Crippen LogP contribution >= 0.6 is 0 Å². The molecule has 4 N–H and O–H groups in total. The lowest BCUT2D eigenvalue weighted by Gasteiger charge is -2.34. The van der Waals surface area contributed by atoms with Crippen LogP contribution in [0.25, 0.3) is 0 Å². The fraction of sp³-hybridized carbons (Fsp3) is 0.700. The summed E-state index contributed by atoms with van der Waals surface area (Å²) in [5, 5.41) is 16.1. The summed E-state index contributed by atoms with van der Waals surface area (Å²) < 4.78 is 38.9. The Labute approximate surface area is 421 Å². The third-order valence-corrected chi connectivity index (χ3v) is 8.21. The number of carbonyl (C=O) groups excluding carboxylic acids is 6. The predicted octanol–water partition coefficient (Wildman–Crippen LogP) is 10.6. The molecule has 0 saturated heterocycles. The standard InChI is InChI=1S/C50H84N8O13/c1-45(2,3)66-39(59)53-36(51)35-27-25-34(26-28-35)33-65-32-31-58(44(64)71-50(16,17)18)38(56-42(62)69-48(10,11)12)57(43(63)70-49(13,14)15)30-24-22-20-19-21-23-29-52-37(54-40(60)67-46(4,5)6)55-41(61)68-47(7,8)9/h25-28H,19-24,29-33H2,1-18H3,(H2,51,53,59)(H2,52,54,55,60,61)/b56-38-. The average molecular weight is 1010 g/mol. The van der Waals surface area contributed by atoms with Gasteiger partial charge in [-0.05, 0) is 143 Å². The van der Waals surface area contributed by atoms with Gasteiger partial charge in [0.2, 0.25) is 11.9 Å². The molecule has 0 bridgehead atoms. The molecule has 0 saturated carbocycles. The second kappa shape index (κ2) is 27.6. The zero-order valence-corrected chi connectivity index (χ0v) is 45.7. The number of rotatable bonds is 15. The van der Waals surface area contributed by atoms with E-state index in [1.807, 2.05) is 0 Å². The van der Waals surface area contributed by atoms with Crippen molar-refractivity contribution in [3.8, 4) is 0 Å². The van der Waals surface area contributed by atoms with Gasteiger partial charge >= 0.3 is 36.6 Å².